The van der Waals surface area contributed by atoms with Gasteiger partial charge in [0.05, 0.1) is 0 Å². The van der Waals surface area contributed by atoms with Gasteiger partial charge in [0.2, 0.25) is 0 Å². The predicted molar refractivity (Wildman–Crippen MR) is 106 cm³/mol. The lowest BCUT2D eigenvalue weighted by atomic mass is 9.59. The first-order valence-electron chi connectivity index (χ1n) is 9.85. The first-order chi connectivity index (χ1) is 12.4. The van der Waals surface area contributed by atoms with Gasteiger partial charge < -0.3 is 5.32 Å². The molecule has 1 aliphatic heterocycles. The molecule has 2 bridgehead atoms. The van der Waals surface area contributed by atoms with Gasteiger partial charge in [0.15, 0.2) is 0 Å². The van der Waals surface area contributed by atoms with Gasteiger partial charge in [-0.3, -0.25) is 4.79 Å². The Morgan fingerprint density at radius 1 is 0.769 bits per heavy atom. The molecule has 2 heteroatoms. The highest BCUT2D eigenvalue weighted by Crippen LogP contribution is 2.51. The zero-order chi connectivity index (χ0) is 18.3. The zero-order valence-electron chi connectivity index (χ0n) is 16.0. The minimum Gasteiger partial charge on any atom is -0.302 e. The van der Waals surface area contributed by atoms with Crippen molar-refractivity contribution in [3.63, 3.8) is 0 Å². The van der Waals surface area contributed by atoms with E-state index < -0.39 is 0 Å². The number of hydrogen-bond donors (Lipinski definition) is 1. The molecular weight excluding hydrogens is 318 g/mol. The molecule has 0 aromatic heterocycles. The molecule has 2 aliphatic rings. The van der Waals surface area contributed by atoms with Gasteiger partial charge >= 0.3 is 0 Å². The number of hydrogen-bond acceptors (Lipinski definition) is 2. The van der Waals surface area contributed by atoms with Crippen LogP contribution in [0.2, 0.25) is 0 Å². The second kappa shape index (κ2) is 6.66. The number of fused-ring (bicyclic) bond motifs is 2. The molecule has 0 amide bonds. The Morgan fingerprint density at radius 2 is 1.19 bits per heavy atom. The Morgan fingerprint density at radius 3 is 1.58 bits per heavy atom. The zero-order valence-corrected chi connectivity index (χ0v) is 16.0. The van der Waals surface area contributed by atoms with Crippen LogP contribution in [0, 0.1) is 23.2 Å². The van der Waals surface area contributed by atoms with Crippen molar-refractivity contribution in [3.8, 4) is 0 Å². The van der Waals surface area contributed by atoms with Gasteiger partial charge in [-0.2, -0.15) is 0 Å². The van der Waals surface area contributed by atoms with Gasteiger partial charge in [-0.25, -0.2) is 0 Å². The topological polar surface area (TPSA) is 29.1 Å². The lowest BCUT2D eigenvalue weighted by Crippen LogP contribution is -2.53. The molecule has 1 aliphatic carbocycles. The maximum Gasteiger partial charge on any atom is 0.142 e. The van der Waals surface area contributed by atoms with Gasteiger partial charge in [0.1, 0.15) is 5.78 Å². The highest BCUT2D eigenvalue weighted by molar-refractivity contribution is 5.87. The molecule has 1 heterocycles. The summed E-state index contributed by atoms with van der Waals surface area (Å²) in [5.74, 6) is 1.21. The van der Waals surface area contributed by atoms with E-state index in [1.54, 1.807) is 0 Å². The summed E-state index contributed by atoms with van der Waals surface area (Å²) in [5.41, 5.74) is 2.70. The third kappa shape index (κ3) is 3.12. The summed E-state index contributed by atoms with van der Waals surface area (Å²) in [6, 6.07) is 21.3. The maximum absolute atomic E-state index is 13.4. The molecule has 2 fully saturated rings. The maximum atomic E-state index is 13.4. The number of rotatable bonds is 2. The van der Waals surface area contributed by atoms with Crippen LogP contribution in [0.5, 0.6) is 0 Å². The van der Waals surface area contributed by atoms with Crippen molar-refractivity contribution in [2.24, 2.45) is 23.2 Å². The number of benzene rings is 2. The van der Waals surface area contributed by atoms with Crippen LogP contribution in [0.3, 0.4) is 0 Å². The number of ketones is 1. The van der Waals surface area contributed by atoms with E-state index in [2.05, 4.69) is 74.6 Å². The van der Waals surface area contributed by atoms with Crippen molar-refractivity contribution in [2.45, 2.75) is 45.7 Å². The predicted octanol–water partition coefficient (Wildman–Crippen LogP) is 5.33. The molecule has 0 radical (unpaired) electrons. The number of Topliss-reactive ketones (excluding diaryl/α,β-unsaturated/α-hetero) is 1. The average molecular weight is 348 g/mol. The monoisotopic (exact) mass is 347 g/mol. The fraction of sp³-hybridized carbons (Fsp3) is 0.458. The number of carbonyl (C=O) groups is 1. The second-order valence-electron chi connectivity index (χ2n) is 9.09. The fourth-order valence-corrected chi connectivity index (χ4v) is 4.93. The molecule has 2 aromatic carbocycles. The molecular formula is C24H29NO. The van der Waals surface area contributed by atoms with Crippen LogP contribution < -0.4 is 5.32 Å². The molecule has 4 rings (SSSR count). The summed E-state index contributed by atoms with van der Waals surface area (Å²) in [4.78, 5) is 13.4. The Kier molecular flexibility index (Phi) is 4.48. The third-order valence-corrected chi connectivity index (χ3v) is 6.51. The molecule has 0 spiro atoms. The molecule has 1 N–H and O–H groups in total. The van der Waals surface area contributed by atoms with Crippen molar-refractivity contribution in [2.75, 3.05) is 0 Å². The van der Waals surface area contributed by atoms with Gasteiger partial charge in [-0.15, -0.1) is 0 Å². The van der Waals surface area contributed by atoms with Crippen LogP contribution in [0.25, 0.3) is 0 Å². The standard InChI is InChI=1S/C24H29NO/c1-24(2,3)18-14-19-21(16-10-6-4-7-11-16)25-22(20(15-18)23(19)26)17-12-8-5-9-13-17/h4-13,18-22,25H,14-15H2,1-3H3. The van der Waals surface area contributed by atoms with E-state index in [1.165, 1.54) is 11.1 Å². The minimum absolute atomic E-state index is 0.0836. The van der Waals surface area contributed by atoms with Gasteiger partial charge in [-0.05, 0) is 35.3 Å². The number of piperidine rings is 1. The summed E-state index contributed by atoms with van der Waals surface area (Å²) in [6.45, 7) is 6.98. The van der Waals surface area contributed by atoms with Crippen molar-refractivity contribution in [1.29, 1.82) is 0 Å². The van der Waals surface area contributed by atoms with Crippen LogP contribution in [0.4, 0.5) is 0 Å². The van der Waals surface area contributed by atoms with Crippen molar-refractivity contribution >= 4 is 5.78 Å². The largest absolute Gasteiger partial charge is 0.302 e. The summed E-state index contributed by atoms with van der Waals surface area (Å²) < 4.78 is 0. The van der Waals surface area contributed by atoms with Crippen LogP contribution in [0.1, 0.15) is 56.8 Å². The van der Waals surface area contributed by atoms with Gasteiger partial charge in [-0.1, -0.05) is 81.4 Å². The Hall–Kier alpha value is -1.93. The van der Waals surface area contributed by atoms with E-state index in [-0.39, 0.29) is 29.3 Å². The Labute approximate surface area is 157 Å². The molecule has 4 atom stereocenters. The quantitative estimate of drug-likeness (QED) is 0.795. The van der Waals surface area contributed by atoms with Crippen molar-refractivity contribution in [1.82, 2.24) is 5.32 Å². The first-order valence-corrected chi connectivity index (χ1v) is 9.85. The molecule has 26 heavy (non-hydrogen) atoms. The number of carbonyl (C=O) groups excluding carboxylic acids is 1. The normalized spacial score (nSPS) is 31.7. The van der Waals surface area contributed by atoms with E-state index in [9.17, 15) is 4.79 Å². The molecule has 1 saturated carbocycles. The average Bonchev–Trinajstić information content (AvgIpc) is 2.62. The van der Waals surface area contributed by atoms with Crippen LogP contribution in [-0.2, 0) is 4.79 Å². The smallest absolute Gasteiger partial charge is 0.142 e. The first kappa shape index (κ1) is 17.5. The molecule has 2 nitrogen and oxygen atoms in total. The summed E-state index contributed by atoms with van der Waals surface area (Å²) in [5, 5.41) is 3.87. The van der Waals surface area contributed by atoms with E-state index in [1.807, 2.05) is 12.1 Å². The second-order valence-corrected chi connectivity index (χ2v) is 9.09. The SMILES string of the molecule is CC(C)(C)C1CC2C(=O)C(C1)C(c1ccccc1)NC2c1ccccc1. The minimum atomic E-state index is 0.0836. The highest BCUT2D eigenvalue weighted by Gasteiger charge is 2.50. The van der Waals surface area contributed by atoms with E-state index in [4.69, 9.17) is 0 Å². The van der Waals surface area contributed by atoms with E-state index >= 15 is 0 Å². The van der Waals surface area contributed by atoms with Gasteiger partial charge in [0, 0.05) is 23.9 Å². The summed E-state index contributed by atoms with van der Waals surface area (Å²) in [7, 11) is 0. The lowest BCUT2D eigenvalue weighted by Gasteiger charge is -2.50. The third-order valence-electron chi connectivity index (χ3n) is 6.51. The fourth-order valence-electron chi connectivity index (χ4n) is 4.93. The molecule has 4 unspecified atom stereocenters. The van der Waals surface area contributed by atoms with Crippen molar-refractivity contribution in [3.05, 3.63) is 71.8 Å². The van der Waals surface area contributed by atoms with Crippen molar-refractivity contribution < 1.29 is 4.79 Å². The Bertz CT molecular complexity index is 704. The molecule has 2 aromatic rings. The van der Waals surface area contributed by atoms with E-state index in [0.717, 1.165) is 12.8 Å². The van der Waals surface area contributed by atoms with Gasteiger partial charge in [0.25, 0.3) is 0 Å². The Balaban J connectivity index is 1.76. The van der Waals surface area contributed by atoms with E-state index in [0.29, 0.717) is 11.7 Å². The van der Waals surface area contributed by atoms with Crippen LogP contribution in [0.15, 0.2) is 60.7 Å². The highest BCUT2D eigenvalue weighted by atomic mass is 16.1. The number of nitrogens with one attached hydrogen (secondary N) is 1. The van der Waals surface area contributed by atoms with Crippen LogP contribution >= 0.6 is 0 Å². The summed E-state index contributed by atoms with van der Waals surface area (Å²) >= 11 is 0. The van der Waals surface area contributed by atoms with Crippen LogP contribution in [-0.4, -0.2) is 5.78 Å². The molecule has 1 saturated heterocycles. The molecule has 136 valence electrons. The summed E-state index contributed by atoms with van der Waals surface area (Å²) in [6.07, 6.45) is 1.99. The lowest BCUT2D eigenvalue weighted by molar-refractivity contribution is -0.139.